The maximum atomic E-state index is 12.0. The van der Waals surface area contributed by atoms with Crippen LogP contribution < -0.4 is 5.32 Å². The van der Waals surface area contributed by atoms with Crippen LogP contribution in [0, 0.1) is 10.1 Å². The zero-order chi connectivity index (χ0) is 14.9. The van der Waals surface area contributed by atoms with E-state index in [1.165, 1.54) is 6.07 Å². The Kier molecular flexibility index (Phi) is 3.44. The summed E-state index contributed by atoms with van der Waals surface area (Å²) >= 11 is 0. The number of hydrogen-bond acceptors (Lipinski definition) is 4. The molecule has 1 fully saturated rings. The fraction of sp³-hybridized carbons (Fsp3) is 0.385. The van der Waals surface area contributed by atoms with Gasteiger partial charge in [-0.25, -0.2) is 4.79 Å². The van der Waals surface area contributed by atoms with Crippen molar-refractivity contribution in [2.24, 2.45) is 0 Å². The van der Waals surface area contributed by atoms with Crippen LogP contribution in [0.1, 0.15) is 25.8 Å². The average Bonchev–Trinajstić information content (AvgIpc) is 2.33. The predicted octanol–water partition coefficient (Wildman–Crippen LogP) is 1.82. The van der Waals surface area contributed by atoms with Gasteiger partial charge in [-0.1, -0.05) is 18.2 Å². The lowest BCUT2D eigenvalue weighted by atomic mass is 9.97. The van der Waals surface area contributed by atoms with Crippen LogP contribution >= 0.6 is 0 Å². The number of urea groups is 1. The van der Waals surface area contributed by atoms with Gasteiger partial charge in [0, 0.05) is 23.6 Å². The lowest BCUT2D eigenvalue weighted by Crippen LogP contribution is -2.59. The van der Waals surface area contributed by atoms with Crippen molar-refractivity contribution in [1.82, 2.24) is 10.2 Å². The van der Waals surface area contributed by atoms with Gasteiger partial charge in [-0.3, -0.25) is 19.8 Å². The molecular weight excluding hydrogens is 262 g/mol. The Bertz CT molecular complexity index is 563. The third kappa shape index (κ3) is 2.76. The summed E-state index contributed by atoms with van der Waals surface area (Å²) in [6.45, 7) is 3.41. The van der Waals surface area contributed by atoms with Gasteiger partial charge in [-0.2, -0.15) is 0 Å². The molecule has 0 unspecified atom stereocenters. The van der Waals surface area contributed by atoms with Crippen LogP contribution in [0.3, 0.4) is 0 Å². The molecule has 0 aromatic heterocycles. The second-order valence-corrected chi connectivity index (χ2v) is 5.36. The minimum Gasteiger partial charge on any atom is -0.332 e. The molecule has 1 aliphatic heterocycles. The summed E-state index contributed by atoms with van der Waals surface area (Å²) in [4.78, 5) is 35.3. The maximum Gasteiger partial charge on any atom is 0.324 e. The Balaban J connectivity index is 2.25. The van der Waals surface area contributed by atoms with Gasteiger partial charge < -0.3 is 5.32 Å². The minimum absolute atomic E-state index is 0.0991. The Hall–Kier alpha value is -2.44. The summed E-state index contributed by atoms with van der Waals surface area (Å²) in [5.41, 5.74) is -0.355. The summed E-state index contributed by atoms with van der Waals surface area (Å²) in [5.74, 6) is -0.336. The van der Waals surface area contributed by atoms with Gasteiger partial charge in [0.2, 0.25) is 5.91 Å². The van der Waals surface area contributed by atoms with Gasteiger partial charge in [-0.15, -0.1) is 0 Å². The number of hydrogen-bond donors (Lipinski definition) is 1. The van der Waals surface area contributed by atoms with Gasteiger partial charge >= 0.3 is 6.03 Å². The monoisotopic (exact) mass is 277 g/mol. The van der Waals surface area contributed by atoms with Crippen LogP contribution in [0.4, 0.5) is 10.5 Å². The van der Waals surface area contributed by atoms with Crippen LogP contribution in [0.2, 0.25) is 0 Å². The first-order chi connectivity index (χ1) is 9.30. The van der Waals surface area contributed by atoms with Crippen molar-refractivity contribution in [2.45, 2.75) is 32.4 Å². The molecule has 0 saturated carbocycles. The van der Waals surface area contributed by atoms with Gasteiger partial charge in [0.25, 0.3) is 5.69 Å². The first-order valence-corrected chi connectivity index (χ1v) is 6.15. The molecule has 7 heteroatoms. The van der Waals surface area contributed by atoms with E-state index >= 15 is 0 Å². The molecule has 3 amide bonds. The van der Waals surface area contributed by atoms with Crippen LogP contribution in [0.25, 0.3) is 0 Å². The fourth-order valence-corrected chi connectivity index (χ4v) is 2.14. The number of nitro benzene ring substituents is 1. The standard InChI is InChI=1S/C13H15N3O4/c1-13(2)7-11(17)15(12(18)14-13)8-9-5-3-4-6-10(9)16(19)20/h3-6H,7-8H2,1-2H3,(H,14,18). The molecule has 0 aliphatic carbocycles. The smallest absolute Gasteiger partial charge is 0.324 e. The number of carbonyl (C=O) groups is 2. The first kappa shape index (κ1) is 14.0. The Morgan fingerprint density at radius 2 is 2.00 bits per heavy atom. The maximum absolute atomic E-state index is 12.0. The van der Waals surface area contributed by atoms with Crippen molar-refractivity contribution < 1.29 is 14.5 Å². The van der Waals surface area contributed by atoms with E-state index in [1.54, 1.807) is 32.0 Å². The lowest BCUT2D eigenvalue weighted by molar-refractivity contribution is -0.385. The highest BCUT2D eigenvalue weighted by Gasteiger charge is 2.37. The molecule has 106 valence electrons. The van der Waals surface area contributed by atoms with Crippen molar-refractivity contribution in [3.05, 3.63) is 39.9 Å². The van der Waals surface area contributed by atoms with Gasteiger partial charge in [0.1, 0.15) is 0 Å². The summed E-state index contributed by atoms with van der Waals surface area (Å²) in [5, 5.41) is 13.6. The molecule has 0 atom stereocenters. The number of carbonyl (C=O) groups excluding carboxylic acids is 2. The van der Waals surface area contributed by atoms with Gasteiger partial charge in [-0.05, 0) is 13.8 Å². The van der Waals surface area contributed by atoms with Crippen LogP contribution in [0.15, 0.2) is 24.3 Å². The Morgan fingerprint density at radius 1 is 1.35 bits per heavy atom. The highest BCUT2D eigenvalue weighted by Crippen LogP contribution is 2.23. The number of rotatable bonds is 3. The van der Waals surface area contributed by atoms with Crippen molar-refractivity contribution in [1.29, 1.82) is 0 Å². The van der Waals surface area contributed by atoms with Crippen molar-refractivity contribution >= 4 is 17.6 Å². The van der Waals surface area contributed by atoms with Crippen LogP contribution in [0.5, 0.6) is 0 Å². The third-order valence-electron chi connectivity index (χ3n) is 3.10. The van der Waals surface area contributed by atoms with Crippen molar-refractivity contribution in [2.75, 3.05) is 0 Å². The second kappa shape index (κ2) is 4.92. The molecule has 0 spiro atoms. The topological polar surface area (TPSA) is 92.6 Å². The van der Waals surface area contributed by atoms with E-state index in [0.717, 1.165) is 4.90 Å². The summed E-state index contributed by atoms with van der Waals surface area (Å²) in [6.07, 6.45) is 0.166. The number of nitrogens with zero attached hydrogens (tertiary/aromatic N) is 2. The molecule has 1 aromatic carbocycles. The van der Waals surface area contributed by atoms with E-state index in [4.69, 9.17) is 0 Å². The molecule has 20 heavy (non-hydrogen) atoms. The summed E-state index contributed by atoms with van der Waals surface area (Å²) in [6, 6.07) is 5.55. The van der Waals surface area contributed by atoms with E-state index in [1.807, 2.05) is 0 Å². The first-order valence-electron chi connectivity index (χ1n) is 6.15. The molecule has 1 saturated heterocycles. The molecular formula is C13H15N3O4. The molecule has 7 nitrogen and oxygen atoms in total. The van der Waals surface area contributed by atoms with Gasteiger partial charge in [0.15, 0.2) is 0 Å². The van der Waals surface area contributed by atoms with Crippen molar-refractivity contribution in [3.8, 4) is 0 Å². The number of para-hydroxylation sites is 1. The van der Waals surface area contributed by atoms with Crippen LogP contribution in [-0.4, -0.2) is 27.3 Å². The number of imide groups is 1. The molecule has 0 bridgehead atoms. The van der Waals surface area contributed by atoms with E-state index < -0.39 is 16.5 Å². The highest BCUT2D eigenvalue weighted by molar-refractivity contribution is 5.97. The van der Waals surface area contributed by atoms with Gasteiger partial charge in [0.05, 0.1) is 11.5 Å². The molecule has 1 aliphatic rings. The molecule has 0 radical (unpaired) electrons. The molecule has 2 rings (SSSR count). The molecule has 1 aromatic rings. The van der Waals surface area contributed by atoms with Crippen molar-refractivity contribution in [3.63, 3.8) is 0 Å². The minimum atomic E-state index is -0.590. The van der Waals surface area contributed by atoms with E-state index in [9.17, 15) is 19.7 Å². The lowest BCUT2D eigenvalue weighted by Gasteiger charge is -2.36. The zero-order valence-electron chi connectivity index (χ0n) is 11.3. The molecule has 1 heterocycles. The van der Waals surface area contributed by atoms with E-state index in [-0.39, 0.29) is 24.6 Å². The largest absolute Gasteiger partial charge is 0.332 e. The highest BCUT2D eigenvalue weighted by atomic mass is 16.6. The quantitative estimate of drug-likeness (QED) is 0.673. The van der Waals surface area contributed by atoms with E-state index in [0.29, 0.717) is 5.56 Å². The fourth-order valence-electron chi connectivity index (χ4n) is 2.14. The molecule has 1 N–H and O–H groups in total. The van der Waals surface area contributed by atoms with E-state index in [2.05, 4.69) is 5.32 Å². The average molecular weight is 277 g/mol. The summed E-state index contributed by atoms with van der Waals surface area (Å²) in [7, 11) is 0. The predicted molar refractivity (Wildman–Crippen MR) is 70.9 cm³/mol. The Labute approximate surface area is 115 Å². The number of nitro groups is 1. The number of nitrogens with one attached hydrogen (secondary N) is 1. The summed E-state index contributed by atoms with van der Waals surface area (Å²) < 4.78 is 0. The number of benzene rings is 1. The van der Waals surface area contributed by atoms with Crippen LogP contribution in [-0.2, 0) is 11.3 Å². The SMILES string of the molecule is CC1(C)CC(=O)N(Cc2ccccc2[N+](=O)[O-])C(=O)N1. The second-order valence-electron chi connectivity index (χ2n) is 5.36. The normalized spacial score (nSPS) is 17.8. The number of amides is 3. The third-order valence-corrected chi connectivity index (χ3v) is 3.10. The Morgan fingerprint density at radius 3 is 2.60 bits per heavy atom. The zero-order valence-corrected chi connectivity index (χ0v) is 11.3.